The monoisotopic (exact) mass is 295 g/mol. The van der Waals surface area contributed by atoms with Gasteiger partial charge in [0.05, 0.1) is 0 Å². The van der Waals surface area contributed by atoms with Crippen LogP contribution in [0.3, 0.4) is 0 Å². The van der Waals surface area contributed by atoms with Crippen molar-refractivity contribution in [3.8, 4) is 0 Å². The summed E-state index contributed by atoms with van der Waals surface area (Å²) in [5.41, 5.74) is 0.661. The second kappa shape index (κ2) is 7.40. The minimum absolute atomic E-state index is 0.0996. The molecule has 2 heterocycles. The molecular formula is C14H21N3O2S. The quantitative estimate of drug-likeness (QED) is 0.854. The van der Waals surface area contributed by atoms with Crippen molar-refractivity contribution >= 4 is 23.2 Å². The predicted molar refractivity (Wildman–Crippen MR) is 79.9 cm³/mol. The number of carbonyl (C=O) groups excluding carboxylic acids is 2. The van der Waals surface area contributed by atoms with Gasteiger partial charge in [-0.1, -0.05) is 0 Å². The van der Waals surface area contributed by atoms with Crippen molar-refractivity contribution in [1.29, 1.82) is 0 Å². The maximum absolute atomic E-state index is 12.1. The molecule has 5 nitrogen and oxygen atoms in total. The van der Waals surface area contributed by atoms with Gasteiger partial charge in [0.15, 0.2) is 0 Å². The van der Waals surface area contributed by atoms with E-state index < -0.39 is 0 Å². The summed E-state index contributed by atoms with van der Waals surface area (Å²) < 4.78 is 0. The molecule has 6 heteroatoms. The third-order valence-electron chi connectivity index (χ3n) is 3.66. The Bertz CT molecular complexity index is 441. The molecule has 110 valence electrons. The molecule has 1 aliphatic rings. The zero-order valence-electron chi connectivity index (χ0n) is 11.7. The minimum Gasteiger partial charge on any atom is -0.351 e. The Kier molecular flexibility index (Phi) is 5.55. The molecule has 0 bridgehead atoms. The first kappa shape index (κ1) is 15.0. The predicted octanol–water partition coefficient (Wildman–Crippen LogP) is 1.08. The first-order valence-corrected chi connectivity index (χ1v) is 7.89. The smallest absolute Gasteiger partial charge is 0.252 e. The Labute approximate surface area is 123 Å². The number of carbonyl (C=O) groups is 2. The molecule has 20 heavy (non-hydrogen) atoms. The van der Waals surface area contributed by atoms with Crippen LogP contribution in [0.4, 0.5) is 0 Å². The van der Waals surface area contributed by atoms with Gasteiger partial charge in [0, 0.05) is 37.0 Å². The van der Waals surface area contributed by atoms with E-state index in [1.54, 1.807) is 11.4 Å². The lowest BCUT2D eigenvalue weighted by molar-refractivity contribution is -0.132. The van der Waals surface area contributed by atoms with Crippen LogP contribution >= 0.6 is 11.3 Å². The number of rotatable bonds is 5. The van der Waals surface area contributed by atoms with E-state index in [2.05, 4.69) is 10.6 Å². The number of amides is 2. The average Bonchev–Trinajstić information content (AvgIpc) is 3.01. The fourth-order valence-electron chi connectivity index (χ4n) is 2.35. The lowest BCUT2D eigenvalue weighted by Crippen LogP contribution is -2.44. The van der Waals surface area contributed by atoms with Gasteiger partial charge in [-0.05, 0) is 37.4 Å². The largest absolute Gasteiger partial charge is 0.351 e. The summed E-state index contributed by atoms with van der Waals surface area (Å²) in [6.45, 7) is 2.33. The molecular weight excluding hydrogens is 274 g/mol. The molecule has 0 spiro atoms. The van der Waals surface area contributed by atoms with E-state index in [-0.39, 0.29) is 11.8 Å². The van der Waals surface area contributed by atoms with Crippen molar-refractivity contribution in [2.75, 3.05) is 26.7 Å². The SMILES string of the molecule is CN(C(=O)CCNC(=O)c1ccsc1)C1CCNCC1. The van der Waals surface area contributed by atoms with Gasteiger partial charge >= 0.3 is 0 Å². The summed E-state index contributed by atoms with van der Waals surface area (Å²) in [6, 6.07) is 2.11. The molecule has 2 rings (SSSR count). The first-order chi connectivity index (χ1) is 9.68. The number of hydrogen-bond acceptors (Lipinski definition) is 4. The van der Waals surface area contributed by atoms with Crippen LogP contribution in [0.5, 0.6) is 0 Å². The van der Waals surface area contributed by atoms with E-state index >= 15 is 0 Å². The van der Waals surface area contributed by atoms with Crippen molar-refractivity contribution in [1.82, 2.24) is 15.5 Å². The molecule has 1 fully saturated rings. The summed E-state index contributed by atoms with van der Waals surface area (Å²) in [6.07, 6.45) is 2.36. The molecule has 0 atom stereocenters. The molecule has 0 aromatic carbocycles. The van der Waals surface area contributed by atoms with Crippen molar-refractivity contribution < 1.29 is 9.59 Å². The van der Waals surface area contributed by atoms with E-state index in [9.17, 15) is 9.59 Å². The normalized spacial score (nSPS) is 15.8. The fourth-order valence-corrected chi connectivity index (χ4v) is 2.99. The van der Waals surface area contributed by atoms with Gasteiger partial charge in [-0.3, -0.25) is 9.59 Å². The van der Waals surface area contributed by atoms with Gasteiger partial charge < -0.3 is 15.5 Å². The molecule has 2 amide bonds. The van der Waals surface area contributed by atoms with Crippen LogP contribution in [0.15, 0.2) is 16.8 Å². The second-order valence-corrected chi connectivity index (χ2v) is 5.78. The maximum atomic E-state index is 12.1. The van der Waals surface area contributed by atoms with Gasteiger partial charge in [-0.2, -0.15) is 11.3 Å². The zero-order valence-corrected chi connectivity index (χ0v) is 12.5. The first-order valence-electron chi connectivity index (χ1n) is 6.95. The van der Waals surface area contributed by atoms with E-state index in [1.165, 1.54) is 11.3 Å². The molecule has 0 radical (unpaired) electrons. The summed E-state index contributed by atoms with van der Waals surface area (Å²) in [7, 11) is 1.86. The van der Waals surface area contributed by atoms with E-state index in [4.69, 9.17) is 0 Å². The van der Waals surface area contributed by atoms with Crippen molar-refractivity contribution in [2.45, 2.75) is 25.3 Å². The highest BCUT2D eigenvalue weighted by atomic mass is 32.1. The van der Waals surface area contributed by atoms with Crippen LogP contribution in [0.25, 0.3) is 0 Å². The van der Waals surface area contributed by atoms with E-state index in [0.717, 1.165) is 25.9 Å². The topological polar surface area (TPSA) is 61.4 Å². The molecule has 0 aliphatic carbocycles. The Morgan fingerprint density at radius 2 is 2.20 bits per heavy atom. The molecule has 0 unspecified atom stereocenters. The van der Waals surface area contributed by atoms with Crippen LogP contribution in [0.2, 0.25) is 0 Å². The van der Waals surface area contributed by atoms with Crippen LogP contribution in [0.1, 0.15) is 29.6 Å². The number of nitrogens with zero attached hydrogens (tertiary/aromatic N) is 1. The third-order valence-corrected chi connectivity index (χ3v) is 4.34. The second-order valence-electron chi connectivity index (χ2n) is 5.00. The van der Waals surface area contributed by atoms with E-state index in [0.29, 0.717) is 24.6 Å². The van der Waals surface area contributed by atoms with Crippen LogP contribution in [-0.4, -0.2) is 49.4 Å². The summed E-state index contributed by atoms with van der Waals surface area (Å²) in [5, 5.41) is 9.74. The van der Waals surface area contributed by atoms with Gasteiger partial charge in [0.25, 0.3) is 5.91 Å². The summed E-state index contributed by atoms with van der Waals surface area (Å²) >= 11 is 1.49. The Balaban J connectivity index is 1.70. The highest BCUT2D eigenvalue weighted by Crippen LogP contribution is 2.11. The third kappa shape index (κ3) is 4.05. The minimum atomic E-state index is -0.108. The van der Waals surface area contributed by atoms with Crippen LogP contribution in [0, 0.1) is 0 Å². The Morgan fingerprint density at radius 1 is 1.45 bits per heavy atom. The number of piperidine rings is 1. The van der Waals surface area contributed by atoms with Gasteiger partial charge in [-0.15, -0.1) is 0 Å². The van der Waals surface area contributed by atoms with E-state index in [1.807, 2.05) is 17.3 Å². The van der Waals surface area contributed by atoms with Gasteiger partial charge in [0.1, 0.15) is 0 Å². The number of hydrogen-bond donors (Lipinski definition) is 2. The Morgan fingerprint density at radius 3 is 2.85 bits per heavy atom. The standard InChI is InChI=1S/C14H21N3O2S/c1-17(12-2-6-15-7-3-12)13(18)4-8-16-14(19)11-5-9-20-10-11/h5,9-10,12,15H,2-4,6-8H2,1H3,(H,16,19). The van der Waals surface area contributed by atoms with Crippen molar-refractivity contribution in [2.24, 2.45) is 0 Å². The average molecular weight is 295 g/mol. The number of thiophene rings is 1. The Hall–Kier alpha value is -1.40. The summed E-state index contributed by atoms with van der Waals surface area (Å²) in [4.78, 5) is 25.6. The molecule has 1 aliphatic heterocycles. The van der Waals surface area contributed by atoms with Crippen molar-refractivity contribution in [3.05, 3.63) is 22.4 Å². The lowest BCUT2D eigenvalue weighted by Gasteiger charge is -2.31. The molecule has 2 N–H and O–H groups in total. The van der Waals surface area contributed by atoms with Gasteiger partial charge in [-0.25, -0.2) is 0 Å². The highest BCUT2D eigenvalue weighted by Gasteiger charge is 2.21. The van der Waals surface area contributed by atoms with Crippen LogP contribution < -0.4 is 10.6 Å². The molecule has 1 aromatic heterocycles. The van der Waals surface area contributed by atoms with Gasteiger partial charge in [0.2, 0.25) is 5.91 Å². The zero-order chi connectivity index (χ0) is 14.4. The molecule has 1 saturated heterocycles. The summed E-state index contributed by atoms with van der Waals surface area (Å²) in [5.74, 6) is -0.00825. The fraction of sp³-hybridized carbons (Fsp3) is 0.571. The van der Waals surface area contributed by atoms with Crippen LogP contribution in [-0.2, 0) is 4.79 Å². The highest BCUT2D eigenvalue weighted by molar-refractivity contribution is 7.08. The molecule has 1 aromatic rings. The number of nitrogens with one attached hydrogen (secondary N) is 2. The molecule has 0 saturated carbocycles. The van der Waals surface area contributed by atoms with Crippen molar-refractivity contribution in [3.63, 3.8) is 0 Å². The maximum Gasteiger partial charge on any atom is 0.252 e. The lowest BCUT2D eigenvalue weighted by atomic mass is 10.1.